The number of nitrogens with one attached hydrogen (secondary N) is 2. The molecule has 2 N–H and O–H groups in total. The minimum absolute atomic E-state index is 0.185. The van der Waals surface area contributed by atoms with Gasteiger partial charge in [0.1, 0.15) is 12.2 Å². The monoisotopic (exact) mass is 364 g/mol. The molecule has 0 bridgehead atoms. The molecule has 2 aromatic carbocycles. The number of alkyl carbamates (subject to hydrolysis) is 1. The lowest BCUT2D eigenvalue weighted by molar-refractivity contribution is 0.134. The molecule has 1 amide bonds. The number of rotatable bonds is 3. The first kappa shape index (κ1) is 17.1. The number of carbonyl (C=O) groups is 1. The molecule has 138 valence electrons. The maximum absolute atomic E-state index is 12.4. The Morgan fingerprint density at radius 3 is 2.81 bits per heavy atom. The highest BCUT2D eigenvalue weighted by molar-refractivity contribution is 5.87. The molecule has 1 aliphatic rings. The molecule has 2 heterocycles. The summed E-state index contributed by atoms with van der Waals surface area (Å²) in [6, 6.07) is 16.3. The Hall–Kier alpha value is -3.28. The third kappa shape index (κ3) is 3.65. The summed E-state index contributed by atoms with van der Waals surface area (Å²) in [7, 11) is 0. The van der Waals surface area contributed by atoms with E-state index in [1.165, 1.54) is 6.07 Å². The topological polar surface area (TPSA) is 80.6 Å². The zero-order chi connectivity index (χ0) is 18.8. The number of carbonyl (C=O) groups excluding carboxylic acids is 1. The predicted molar refractivity (Wildman–Crippen MR) is 103 cm³/mol. The average molecular weight is 364 g/mol. The van der Waals surface area contributed by atoms with Gasteiger partial charge in [0.2, 0.25) is 0 Å². The Morgan fingerprint density at radius 1 is 1.19 bits per heavy atom. The first-order valence-electron chi connectivity index (χ1n) is 8.90. The van der Waals surface area contributed by atoms with Gasteiger partial charge in [-0.1, -0.05) is 30.3 Å². The van der Waals surface area contributed by atoms with E-state index in [1.54, 1.807) is 12.1 Å². The summed E-state index contributed by atoms with van der Waals surface area (Å²) >= 11 is 0. The summed E-state index contributed by atoms with van der Waals surface area (Å²) in [6.07, 6.45) is 0.226. The quantitative estimate of drug-likeness (QED) is 0.688. The molecule has 0 spiro atoms. The van der Waals surface area contributed by atoms with Crippen molar-refractivity contribution in [3.05, 3.63) is 76.1 Å². The van der Waals surface area contributed by atoms with E-state index in [9.17, 15) is 9.59 Å². The lowest BCUT2D eigenvalue weighted by Gasteiger charge is -2.32. The van der Waals surface area contributed by atoms with Crippen LogP contribution in [0.2, 0.25) is 0 Å². The molecule has 0 unspecified atom stereocenters. The van der Waals surface area contributed by atoms with Crippen LogP contribution in [0.3, 0.4) is 0 Å². The molecule has 1 aromatic heterocycles. The van der Waals surface area contributed by atoms with Crippen molar-refractivity contribution >= 4 is 22.7 Å². The molecule has 0 saturated heterocycles. The second kappa shape index (κ2) is 7.15. The second-order valence-electron chi connectivity index (χ2n) is 6.73. The maximum atomic E-state index is 12.4. The highest BCUT2D eigenvalue weighted by Gasteiger charge is 2.28. The van der Waals surface area contributed by atoms with E-state index >= 15 is 0 Å². The number of amides is 1. The molecule has 1 aliphatic heterocycles. The number of hydrogen-bond donors (Lipinski definition) is 2. The molecule has 0 saturated carbocycles. The second-order valence-corrected chi connectivity index (χ2v) is 6.73. The average Bonchev–Trinajstić information content (AvgIpc) is 2.66. The Balaban J connectivity index is 1.58. The molecule has 0 radical (unpaired) electrons. The normalized spacial score (nSPS) is 18.4. The van der Waals surface area contributed by atoms with Crippen LogP contribution in [0.15, 0.2) is 63.8 Å². The first-order chi connectivity index (χ1) is 13.1. The van der Waals surface area contributed by atoms with Crippen molar-refractivity contribution in [2.75, 3.05) is 5.32 Å². The van der Waals surface area contributed by atoms with E-state index in [2.05, 4.69) is 17.6 Å². The summed E-state index contributed by atoms with van der Waals surface area (Å²) in [6.45, 7) is 2.27. The van der Waals surface area contributed by atoms with E-state index in [0.717, 1.165) is 22.2 Å². The Labute approximate surface area is 156 Å². The van der Waals surface area contributed by atoms with Gasteiger partial charge in [-0.25, -0.2) is 9.59 Å². The highest BCUT2D eigenvalue weighted by Crippen LogP contribution is 2.37. The van der Waals surface area contributed by atoms with Gasteiger partial charge in [0.15, 0.2) is 0 Å². The highest BCUT2D eigenvalue weighted by atomic mass is 16.5. The summed E-state index contributed by atoms with van der Waals surface area (Å²) in [4.78, 5) is 23.9. The molecule has 0 aliphatic carbocycles. The van der Waals surface area contributed by atoms with Crippen LogP contribution >= 0.6 is 0 Å². The summed E-state index contributed by atoms with van der Waals surface area (Å²) < 4.78 is 10.7. The van der Waals surface area contributed by atoms with Crippen molar-refractivity contribution in [2.24, 2.45) is 0 Å². The minimum atomic E-state index is -0.474. The van der Waals surface area contributed by atoms with Crippen molar-refractivity contribution in [2.45, 2.75) is 32.0 Å². The van der Waals surface area contributed by atoms with Crippen LogP contribution in [0.1, 0.15) is 30.5 Å². The van der Waals surface area contributed by atoms with Gasteiger partial charge < -0.3 is 19.8 Å². The third-order valence-electron chi connectivity index (χ3n) is 4.69. The molecule has 4 rings (SSSR count). The third-order valence-corrected chi connectivity index (χ3v) is 4.69. The van der Waals surface area contributed by atoms with E-state index < -0.39 is 11.7 Å². The van der Waals surface area contributed by atoms with Gasteiger partial charge in [-0.05, 0) is 37.1 Å². The fourth-order valence-electron chi connectivity index (χ4n) is 3.51. The van der Waals surface area contributed by atoms with Crippen LogP contribution in [0.25, 0.3) is 11.0 Å². The largest absolute Gasteiger partial charge is 0.445 e. The Bertz CT molecular complexity index is 1030. The number of hydrogen-bond acceptors (Lipinski definition) is 5. The number of anilines is 1. The van der Waals surface area contributed by atoms with E-state index in [-0.39, 0.29) is 18.7 Å². The zero-order valence-electron chi connectivity index (χ0n) is 14.9. The lowest BCUT2D eigenvalue weighted by Crippen LogP contribution is -2.36. The van der Waals surface area contributed by atoms with Crippen molar-refractivity contribution in [3.63, 3.8) is 0 Å². The van der Waals surface area contributed by atoms with Crippen LogP contribution in [0, 0.1) is 0 Å². The first-order valence-corrected chi connectivity index (χ1v) is 8.90. The van der Waals surface area contributed by atoms with E-state index in [1.807, 2.05) is 36.4 Å². The number of benzene rings is 2. The van der Waals surface area contributed by atoms with Gasteiger partial charge in [-0.3, -0.25) is 0 Å². The summed E-state index contributed by atoms with van der Waals surface area (Å²) in [5, 5.41) is 7.18. The molecular formula is C21H20N2O4. The van der Waals surface area contributed by atoms with Crippen molar-refractivity contribution in [3.8, 4) is 0 Å². The molecule has 2 atom stereocenters. The fourth-order valence-corrected chi connectivity index (χ4v) is 3.51. The zero-order valence-corrected chi connectivity index (χ0v) is 14.9. The van der Waals surface area contributed by atoms with Crippen molar-refractivity contribution in [1.82, 2.24) is 5.32 Å². The van der Waals surface area contributed by atoms with Crippen LogP contribution in [-0.4, -0.2) is 12.1 Å². The van der Waals surface area contributed by atoms with E-state index in [4.69, 9.17) is 9.15 Å². The molecule has 27 heavy (non-hydrogen) atoms. The molecule has 0 fully saturated rings. The SMILES string of the molecule is C[C@H]1C[C@@H](NC(=O)OCc2ccccc2)c2c(ccc3oc(=O)ccc23)N1. The van der Waals surface area contributed by atoms with Gasteiger partial charge in [0.05, 0.1) is 6.04 Å². The van der Waals surface area contributed by atoms with Gasteiger partial charge in [0.25, 0.3) is 0 Å². The van der Waals surface area contributed by atoms with Crippen LogP contribution < -0.4 is 16.3 Å². The minimum Gasteiger partial charge on any atom is -0.445 e. The van der Waals surface area contributed by atoms with Crippen molar-refractivity contribution < 1.29 is 13.9 Å². The van der Waals surface area contributed by atoms with Crippen LogP contribution in [0.4, 0.5) is 10.5 Å². The smallest absolute Gasteiger partial charge is 0.407 e. The van der Waals surface area contributed by atoms with Gasteiger partial charge in [-0.15, -0.1) is 0 Å². The number of fused-ring (bicyclic) bond motifs is 3. The lowest BCUT2D eigenvalue weighted by atomic mass is 9.91. The maximum Gasteiger partial charge on any atom is 0.407 e. The van der Waals surface area contributed by atoms with Gasteiger partial charge >= 0.3 is 11.7 Å². The van der Waals surface area contributed by atoms with Crippen LogP contribution in [0.5, 0.6) is 0 Å². The molecule has 6 heteroatoms. The summed E-state index contributed by atoms with van der Waals surface area (Å²) in [5.41, 5.74) is 2.86. The van der Waals surface area contributed by atoms with E-state index in [0.29, 0.717) is 12.0 Å². The van der Waals surface area contributed by atoms with Crippen LogP contribution in [-0.2, 0) is 11.3 Å². The molecular weight excluding hydrogens is 344 g/mol. The Kier molecular flexibility index (Phi) is 4.54. The van der Waals surface area contributed by atoms with Crippen molar-refractivity contribution in [1.29, 1.82) is 0 Å². The van der Waals surface area contributed by atoms with Gasteiger partial charge in [-0.2, -0.15) is 0 Å². The fraction of sp³-hybridized carbons (Fsp3) is 0.238. The molecule has 6 nitrogen and oxygen atoms in total. The standard InChI is InChI=1S/C21H20N2O4/c1-13-11-17(23-21(25)26-12-14-5-3-2-4-6-14)20-15-7-10-19(24)27-18(15)9-8-16(20)22-13/h2-10,13,17,22H,11-12H2,1H3,(H,23,25)/t13-,17+/m0/s1. The number of ether oxygens (including phenoxy) is 1. The summed E-state index contributed by atoms with van der Waals surface area (Å²) in [5.74, 6) is 0. The predicted octanol–water partition coefficient (Wildman–Crippen LogP) is 3.96. The Morgan fingerprint density at radius 2 is 2.00 bits per heavy atom. The molecule has 3 aromatic rings. The van der Waals surface area contributed by atoms with Gasteiger partial charge in [0, 0.05) is 28.7 Å².